The van der Waals surface area contributed by atoms with Gasteiger partial charge < -0.3 is 18.8 Å². The predicted octanol–water partition coefficient (Wildman–Crippen LogP) is 2.70. The average molecular weight is 332 g/mol. The van der Waals surface area contributed by atoms with E-state index in [4.69, 9.17) is 14.2 Å². The molecular formula is C18H24N2O4. The van der Waals surface area contributed by atoms with Gasteiger partial charge in [0.2, 0.25) is 0 Å². The Kier molecular flexibility index (Phi) is 7.45. The van der Waals surface area contributed by atoms with Crippen molar-refractivity contribution in [1.82, 2.24) is 9.55 Å². The van der Waals surface area contributed by atoms with E-state index in [1.807, 2.05) is 48.7 Å². The molecule has 2 aromatic rings. The number of nitrogens with zero attached hydrogens (tertiary/aromatic N) is 2. The van der Waals surface area contributed by atoms with Crippen LogP contribution in [0.25, 0.3) is 0 Å². The van der Waals surface area contributed by atoms with Crippen LogP contribution in [0, 0.1) is 0 Å². The van der Waals surface area contributed by atoms with Crippen LogP contribution < -0.4 is 0 Å². The maximum atomic E-state index is 12.2. The molecule has 0 aliphatic heterocycles. The van der Waals surface area contributed by atoms with Gasteiger partial charge in [0.15, 0.2) is 0 Å². The van der Waals surface area contributed by atoms with E-state index in [2.05, 4.69) is 4.98 Å². The predicted molar refractivity (Wildman–Crippen MR) is 90.1 cm³/mol. The molecule has 1 atom stereocenters. The minimum Gasteiger partial charge on any atom is -0.459 e. The molecule has 0 aliphatic rings. The number of carbonyl (C=O) groups excluding carboxylic acids is 1. The van der Waals surface area contributed by atoms with Crippen molar-refractivity contribution in [3.8, 4) is 0 Å². The Bertz CT molecular complexity index is 612. The molecule has 0 N–H and O–H groups in total. The minimum absolute atomic E-state index is 0.00121. The van der Waals surface area contributed by atoms with Crippen molar-refractivity contribution < 1.29 is 19.0 Å². The van der Waals surface area contributed by atoms with Crippen molar-refractivity contribution in [1.29, 1.82) is 0 Å². The van der Waals surface area contributed by atoms with E-state index in [1.54, 1.807) is 6.33 Å². The summed E-state index contributed by atoms with van der Waals surface area (Å²) < 4.78 is 17.6. The normalized spacial score (nSPS) is 12.1. The molecule has 0 saturated heterocycles. The first-order valence-corrected chi connectivity index (χ1v) is 8.13. The Morgan fingerprint density at radius 1 is 1.12 bits per heavy atom. The number of aromatic nitrogens is 2. The number of ether oxygens (including phenoxy) is 3. The molecule has 2 rings (SSSR count). The molecule has 6 heteroatoms. The zero-order valence-electron chi connectivity index (χ0n) is 14.2. The van der Waals surface area contributed by atoms with Gasteiger partial charge in [-0.2, -0.15) is 0 Å². The van der Waals surface area contributed by atoms with Gasteiger partial charge in [-0.15, -0.1) is 0 Å². The zero-order chi connectivity index (χ0) is 17.2. The van der Waals surface area contributed by atoms with Crippen molar-refractivity contribution in [2.24, 2.45) is 0 Å². The van der Waals surface area contributed by atoms with E-state index in [1.165, 1.54) is 6.20 Å². The van der Waals surface area contributed by atoms with E-state index in [-0.39, 0.29) is 12.6 Å². The summed E-state index contributed by atoms with van der Waals surface area (Å²) in [5.74, 6) is -0.399. The molecule has 0 radical (unpaired) electrons. The van der Waals surface area contributed by atoms with Crippen molar-refractivity contribution in [3.05, 3.63) is 54.1 Å². The van der Waals surface area contributed by atoms with E-state index in [9.17, 15) is 4.79 Å². The molecule has 1 aromatic heterocycles. The van der Waals surface area contributed by atoms with Gasteiger partial charge in [-0.05, 0) is 19.4 Å². The van der Waals surface area contributed by atoms with Crippen LogP contribution in [0.3, 0.4) is 0 Å². The highest BCUT2D eigenvalue weighted by Crippen LogP contribution is 2.19. The molecular weight excluding hydrogens is 308 g/mol. The van der Waals surface area contributed by atoms with E-state index < -0.39 is 5.97 Å². The summed E-state index contributed by atoms with van der Waals surface area (Å²) in [7, 11) is 0. The standard InChI is InChI=1S/C18H24N2O4/c1-3-22-9-10-23-11-12-24-18(21)17-13-19-14-20(17)15(2)16-7-5-4-6-8-16/h4-8,13-15H,3,9-12H2,1-2H3/t15-/m1/s1. The number of esters is 1. The van der Waals surface area contributed by atoms with Gasteiger partial charge in [0.05, 0.1) is 38.4 Å². The number of hydrogen-bond acceptors (Lipinski definition) is 5. The fourth-order valence-corrected chi connectivity index (χ4v) is 2.30. The highest BCUT2D eigenvalue weighted by atomic mass is 16.6. The molecule has 6 nitrogen and oxygen atoms in total. The van der Waals surface area contributed by atoms with Gasteiger partial charge in [-0.1, -0.05) is 30.3 Å². The Balaban J connectivity index is 1.84. The van der Waals surface area contributed by atoms with Gasteiger partial charge in [0, 0.05) is 6.61 Å². The first-order chi connectivity index (χ1) is 11.7. The highest BCUT2D eigenvalue weighted by Gasteiger charge is 2.18. The third kappa shape index (κ3) is 5.18. The molecule has 24 heavy (non-hydrogen) atoms. The Labute approximate surface area is 142 Å². The topological polar surface area (TPSA) is 62.6 Å². The van der Waals surface area contributed by atoms with Crippen LogP contribution in [0.2, 0.25) is 0 Å². The Hall–Kier alpha value is -2.18. The summed E-state index contributed by atoms with van der Waals surface area (Å²) in [6.07, 6.45) is 3.17. The van der Waals surface area contributed by atoms with Crippen molar-refractivity contribution in [2.75, 3.05) is 33.0 Å². The molecule has 1 heterocycles. The lowest BCUT2D eigenvalue weighted by Crippen LogP contribution is -2.18. The summed E-state index contributed by atoms with van der Waals surface area (Å²) in [5.41, 5.74) is 1.53. The second-order valence-electron chi connectivity index (χ2n) is 5.22. The summed E-state index contributed by atoms with van der Waals surface area (Å²) in [4.78, 5) is 16.3. The van der Waals surface area contributed by atoms with Crippen LogP contribution in [0.4, 0.5) is 0 Å². The van der Waals surface area contributed by atoms with Crippen molar-refractivity contribution in [2.45, 2.75) is 19.9 Å². The molecule has 0 unspecified atom stereocenters. The maximum absolute atomic E-state index is 12.2. The third-order valence-electron chi connectivity index (χ3n) is 3.61. The Morgan fingerprint density at radius 2 is 1.83 bits per heavy atom. The summed E-state index contributed by atoms with van der Waals surface area (Å²) in [6.45, 7) is 6.21. The lowest BCUT2D eigenvalue weighted by molar-refractivity contribution is 0.0157. The lowest BCUT2D eigenvalue weighted by atomic mass is 10.1. The van der Waals surface area contributed by atoms with Crippen molar-refractivity contribution >= 4 is 5.97 Å². The number of rotatable bonds is 10. The fourth-order valence-electron chi connectivity index (χ4n) is 2.30. The molecule has 0 fully saturated rings. The van der Waals surface area contributed by atoms with Gasteiger partial charge in [0.1, 0.15) is 12.3 Å². The van der Waals surface area contributed by atoms with Crippen LogP contribution in [0.1, 0.15) is 35.9 Å². The largest absolute Gasteiger partial charge is 0.459 e. The molecule has 0 amide bonds. The minimum atomic E-state index is -0.399. The molecule has 0 saturated carbocycles. The molecule has 0 spiro atoms. The summed E-state index contributed by atoms with van der Waals surface area (Å²) in [5, 5.41) is 0. The van der Waals surface area contributed by atoms with E-state index in [0.29, 0.717) is 32.1 Å². The van der Waals surface area contributed by atoms with Crippen LogP contribution >= 0.6 is 0 Å². The van der Waals surface area contributed by atoms with Gasteiger partial charge in [-0.25, -0.2) is 9.78 Å². The van der Waals surface area contributed by atoms with Crippen molar-refractivity contribution in [3.63, 3.8) is 0 Å². The third-order valence-corrected chi connectivity index (χ3v) is 3.61. The quantitative estimate of drug-likeness (QED) is 0.494. The van der Waals surface area contributed by atoms with Crippen LogP contribution in [0.15, 0.2) is 42.9 Å². The van der Waals surface area contributed by atoms with Gasteiger partial charge in [0.25, 0.3) is 0 Å². The molecule has 0 aliphatic carbocycles. The van der Waals surface area contributed by atoms with Crippen LogP contribution in [0.5, 0.6) is 0 Å². The average Bonchev–Trinajstić information content (AvgIpc) is 3.10. The van der Waals surface area contributed by atoms with Crippen LogP contribution in [-0.2, 0) is 14.2 Å². The monoisotopic (exact) mass is 332 g/mol. The smallest absolute Gasteiger partial charge is 0.356 e. The van der Waals surface area contributed by atoms with E-state index >= 15 is 0 Å². The zero-order valence-corrected chi connectivity index (χ0v) is 14.2. The number of hydrogen-bond donors (Lipinski definition) is 0. The maximum Gasteiger partial charge on any atom is 0.356 e. The summed E-state index contributed by atoms with van der Waals surface area (Å²) in [6, 6.07) is 9.95. The highest BCUT2D eigenvalue weighted by molar-refractivity contribution is 5.87. The van der Waals surface area contributed by atoms with Gasteiger partial charge >= 0.3 is 5.97 Å². The Morgan fingerprint density at radius 3 is 2.58 bits per heavy atom. The molecule has 1 aromatic carbocycles. The summed E-state index contributed by atoms with van der Waals surface area (Å²) >= 11 is 0. The fraction of sp³-hybridized carbons (Fsp3) is 0.444. The SMILES string of the molecule is CCOCCOCCOC(=O)c1cncn1[C@H](C)c1ccccc1. The first kappa shape index (κ1) is 18.2. The molecule has 130 valence electrons. The van der Waals surface area contributed by atoms with Gasteiger partial charge in [-0.3, -0.25) is 0 Å². The molecule has 0 bridgehead atoms. The second-order valence-corrected chi connectivity index (χ2v) is 5.22. The van der Waals surface area contributed by atoms with Crippen LogP contribution in [-0.4, -0.2) is 48.6 Å². The first-order valence-electron chi connectivity index (χ1n) is 8.13. The lowest BCUT2D eigenvalue weighted by Gasteiger charge is -2.16. The van der Waals surface area contributed by atoms with E-state index in [0.717, 1.165) is 5.56 Å². The number of imidazole rings is 1. The number of benzene rings is 1. The number of carbonyl (C=O) groups is 1. The second kappa shape index (κ2) is 9.85.